The molecule has 0 aliphatic carbocycles. The van der Waals surface area contributed by atoms with Crippen LogP contribution in [0.15, 0.2) is 15.8 Å². The molecule has 2 aromatic heterocycles. The summed E-state index contributed by atoms with van der Waals surface area (Å²) in [6.45, 7) is 4.20. The van der Waals surface area contributed by atoms with E-state index in [-0.39, 0.29) is 5.02 Å². The first kappa shape index (κ1) is 12.1. The average Bonchev–Trinajstić information content (AvgIpc) is 2.55. The second kappa shape index (κ2) is 4.46. The quantitative estimate of drug-likeness (QED) is 0.895. The van der Waals surface area contributed by atoms with Gasteiger partial charge in [0.25, 0.3) is 5.56 Å². The minimum absolute atomic E-state index is 0.00500. The fraction of sp³-hybridized carbons (Fsp3) is 0.300. The maximum absolute atomic E-state index is 11.5. The number of hydrogen-bond donors (Lipinski definition) is 1. The summed E-state index contributed by atoms with van der Waals surface area (Å²) < 4.78 is 1.33. The maximum Gasteiger partial charge on any atom is 0.328 e. The third kappa shape index (κ3) is 2.48. The monoisotopic (exact) mass is 271 g/mol. The van der Waals surface area contributed by atoms with E-state index in [0.717, 1.165) is 15.6 Å². The Morgan fingerprint density at radius 1 is 1.47 bits per heavy atom. The van der Waals surface area contributed by atoms with Gasteiger partial charge in [-0.25, -0.2) is 9.78 Å². The maximum atomic E-state index is 11.5. The van der Waals surface area contributed by atoms with E-state index in [2.05, 4.69) is 9.97 Å². The molecular formula is C10H10ClN3O2S. The zero-order valence-corrected chi connectivity index (χ0v) is 10.9. The lowest BCUT2D eigenvalue weighted by molar-refractivity contribution is 0.715. The minimum atomic E-state index is -0.570. The Bertz CT molecular complexity index is 651. The van der Waals surface area contributed by atoms with Crippen molar-refractivity contribution in [2.24, 2.45) is 0 Å². The summed E-state index contributed by atoms with van der Waals surface area (Å²) >= 11 is 7.19. The van der Waals surface area contributed by atoms with Crippen molar-refractivity contribution >= 4 is 22.9 Å². The number of nitrogens with zero attached hydrogens (tertiary/aromatic N) is 2. The largest absolute Gasteiger partial charge is 0.328 e. The third-order valence-corrected chi connectivity index (χ3v) is 3.67. The van der Waals surface area contributed by atoms with E-state index in [0.29, 0.717) is 6.54 Å². The van der Waals surface area contributed by atoms with Crippen LogP contribution in [0.3, 0.4) is 0 Å². The molecule has 0 saturated heterocycles. The van der Waals surface area contributed by atoms with Crippen LogP contribution >= 0.6 is 22.9 Å². The molecule has 0 aliphatic rings. The lowest BCUT2D eigenvalue weighted by Crippen LogP contribution is -2.29. The molecule has 0 amide bonds. The molecule has 0 radical (unpaired) electrons. The first-order chi connectivity index (χ1) is 7.97. The van der Waals surface area contributed by atoms with E-state index in [9.17, 15) is 9.59 Å². The highest BCUT2D eigenvalue weighted by molar-refractivity contribution is 7.11. The van der Waals surface area contributed by atoms with Gasteiger partial charge in [-0.05, 0) is 13.8 Å². The number of nitrogens with one attached hydrogen (secondary N) is 1. The van der Waals surface area contributed by atoms with Crippen molar-refractivity contribution in [1.29, 1.82) is 0 Å². The van der Waals surface area contributed by atoms with Crippen LogP contribution in [-0.2, 0) is 6.54 Å². The molecule has 0 atom stereocenters. The molecule has 2 rings (SSSR count). The minimum Gasteiger partial charge on any atom is -0.292 e. The number of H-pyrrole nitrogens is 1. The highest BCUT2D eigenvalue weighted by atomic mass is 35.5. The number of aryl methyl sites for hydroxylation is 2. The molecule has 2 aromatic rings. The summed E-state index contributed by atoms with van der Waals surface area (Å²) in [5.74, 6) is 0. The van der Waals surface area contributed by atoms with E-state index < -0.39 is 11.2 Å². The van der Waals surface area contributed by atoms with Gasteiger partial charge in [0.2, 0.25) is 0 Å². The highest BCUT2D eigenvalue weighted by Crippen LogP contribution is 2.16. The number of thiazole rings is 1. The molecule has 2 heterocycles. The van der Waals surface area contributed by atoms with E-state index in [1.165, 1.54) is 22.1 Å². The van der Waals surface area contributed by atoms with Gasteiger partial charge in [-0.15, -0.1) is 11.3 Å². The summed E-state index contributed by atoms with van der Waals surface area (Å²) in [6, 6.07) is 0. The summed E-state index contributed by atoms with van der Waals surface area (Å²) in [4.78, 5) is 30.2. The third-order valence-electron chi connectivity index (χ3n) is 2.35. The summed E-state index contributed by atoms with van der Waals surface area (Å²) in [7, 11) is 0. The van der Waals surface area contributed by atoms with Crippen LogP contribution in [0, 0.1) is 13.8 Å². The Hall–Kier alpha value is -1.40. The van der Waals surface area contributed by atoms with Gasteiger partial charge < -0.3 is 0 Å². The van der Waals surface area contributed by atoms with E-state index in [1.54, 1.807) is 0 Å². The molecule has 0 fully saturated rings. The Kier molecular flexibility index (Phi) is 3.17. The molecule has 5 nitrogen and oxygen atoms in total. The molecule has 0 aliphatic heterocycles. The molecule has 0 bridgehead atoms. The smallest absolute Gasteiger partial charge is 0.292 e. The fourth-order valence-corrected chi connectivity index (χ4v) is 2.45. The van der Waals surface area contributed by atoms with Crippen molar-refractivity contribution in [3.63, 3.8) is 0 Å². The topological polar surface area (TPSA) is 67.8 Å². The second-order valence-electron chi connectivity index (χ2n) is 3.61. The van der Waals surface area contributed by atoms with E-state index in [1.807, 2.05) is 13.8 Å². The standard InChI is InChI=1S/C10H10ClN3O2S/c1-5-6(2)17-8(12-5)4-14-3-7(11)9(15)13-10(14)16/h3H,4H2,1-2H3,(H,13,15,16). The van der Waals surface area contributed by atoms with Gasteiger partial charge in [0, 0.05) is 11.1 Å². The number of aromatic amines is 1. The van der Waals surface area contributed by atoms with Gasteiger partial charge in [-0.2, -0.15) is 0 Å². The number of aromatic nitrogens is 3. The lowest BCUT2D eigenvalue weighted by Gasteiger charge is -2.01. The molecular weight excluding hydrogens is 262 g/mol. The van der Waals surface area contributed by atoms with Gasteiger partial charge in [0.15, 0.2) is 0 Å². The van der Waals surface area contributed by atoms with Crippen LogP contribution in [0.25, 0.3) is 0 Å². The Balaban J connectivity index is 2.39. The first-order valence-corrected chi connectivity index (χ1v) is 6.09. The van der Waals surface area contributed by atoms with Gasteiger partial charge in [-0.3, -0.25) is 14.3 Å². The zero-order valence-electron chi connectivity index (χ0n) is 9.28. The van der Waals surface area contributed by atoms with Crippen LogP contribution < -0.4 is 11.2 Å². The molecule has 0 spiro atoms. The fourth-order valence-electron chi connectivity index (χ4n) is 1.35. The van der Waals surface area contributed by atoms with Gasteiger partial charge in [-0.1, -0.05) is 11.6 Å². The van der Waals surface area contributed by atoms with Crippen LogP contribution in [-0.4, -0.2) is 14.5 Å². The van der Waals surface area contributed by atoms with E-state index >= 15 is 0 Å². The van der Waals surface area contributed by atoms with Crippen LogP contribution in [0.1, 0.15) is 15.6 Å². The molecule has 0 saturated carbocycles. The molecule has 0 aromatic carbocycles. The summed E-state index contributed by atoms with van der Waals surface area (Å²) in [5.41, 5.74) is -0.0992. The van der Waals surface area contributed by atoms with E-state index in [4.69, 9.17) is 11.6 Å². The van der Waals surface area contributed by atoms with Crippen LogP contribution in [0.5, 0.6) is 0 Å². The van der Waals surface area contributed by atoms with Crippen LogP contribution in [0.2, 0.25) is 5.02 Å². The Morgan fingerprint density at radius 3 is 2.76 bits per heavy atom. The zero-order chi connectivity index (χ0) is 12.6. The predicted molar refractivity (Wildman–Crippen MR) is 67.0 cm³/mol. The molecule has 17 heavy (non-hydrogen) atoms. The summed E-state index contributed by atoms with van der Waals surface area (Å²) in [5, 5.41) is 0.805. The second-order valence-corrected chi connectivity index (χ2v) is 5.31. The highest BCUT2D eigenvalue weighted by Gasteiger charge is 2.07. The predicted octanol–water partition coefficient (Wildman–Crippen LogP) is 1.31. The van der Waals surface area contributed by atoms with Crippen molar-refractivity contribution in [2.75, 3.05) is 0 Å². The molecule has 0 unspecified atom stereocenters. The van der Waals surface area contributed by atoms with Crippen molar-refractivity contribution in [3.05, 3.63) is 47.6 Å². The number of halogens is 1. The number of hydrogen-bond acceptors (Lipinski definition) is 4. The van der Waals surface area contributed by atoms with Crippen LogP contribution in [0.4, 0.5) is 0 Å². The molecule has 90 valence electrons. The lowest BCUT2D eigenvalue weighted by atomic mass is 10.4. The van der Waals surface area contributed by atoms with Crippen molar-refractivity contribution in [1.82, 2.24) is 14.5 Å². The summed E-state index contributed by atoms with van der Waals surface area (Å²) in [6.07, 6.45) is 1.33. The Labute approximate surface area is 106 Å². The van der Waals surface area contributed by atoms with Gasteiger partial charge in [0.1, 0.15) is 10.0 Å². The van der Waals surface area contributed by atoms with Crippen molar-refractivity contribution < 1.29 is 0 Å². The number of rotatable bonds is 2. The normalized spacial score (nSPS) is 10.8. The SMILES string of the molecule is Cc1nc(Cn2cc(Cl)c(=O)[nH]c2=O)sc1C. The Morgan fingerprint density at radius 2 is 2.18 bits per heavy atom. The molecule has 7 heteroatoms. The van der Waals surface area contributed by atoms with Gasteiger partial charge >= 0.3 is 5.69 Å². The van der Waals surface area contributed by atoms with Crippen molar-refractivity contribution in [3.8, 4) is 0 Å². The van der Waals surface area contributed by atoms with Crippen molar-refractivity contribution in [2.45, 2.75) is 20.4 Å². The average molecular weight is 272 g/mol. The molecule has 1 N–H and O–H groups in total. The first-order valence-electron chi connectivity index (χ1n) is 4.89. The van der Waals surface area contributed by atoms with Gasteiger partial charge in [0.05, 0.1) is 12.2 Å².